The van der Waals surface area contributed by atoms with Crippen LogP contribution in [0.2, 0.25) is 5.02 Å². The van der Waals surface area contributed by atoms with Crippen LogP contribution in [0.5, 0.6) is 0 Å². The van der Waals surface area contributed by atoms with Crippen LogP contribution in [-0.4, -0.2) is 9.78 Å². The van der Waals surface area contributed by atoms with Crippen molar-refractivity contribution in [2.75, 3.05) is 0 Å². The second-order valence-corrected chi connectivity index (χ2v) is 4.13. The SMILES string of the molecule is Cn1ncc(Cl)c1C(N)C1CCC1. The van der Waals surface area contributed by atoms with Gasteiger partial charge in [0.1, 0.15) is 0 Å². The van der Waals surface area contributed by atoms with Gasteiger partial charge < -0.3 is 5.73 Å². The molecule has 1 heterocycles. The van der Waals surface area contributed by atoms with Crippen molar-refractivity contribution in [2.24, 2.45) is 18.7 Å². The fraction of sp³-hybridized carbons (Fsp3) is 0.667. The van der Waals surface area contributed by atoms with Crippen LogP contribution in [0.4, 0.5) is 0 Å². The van der Waals surface area contributed by atoms with Gasteiger partial charge in [-0.1, -0.05) is 18.0 Å². The topological polar surface area (TPSA) is 43.8 Å². The highest BCUT2D eigenvalue weighted by molar-refractivity contribution is 6.31. The van der Waals surface area contributed by atoms with Gasteiger partial charge in [-0.3, -0.25) is 4.68 Å². The van der Waals surface area contributed by atoms with E-state index in [1.807, 2.05) is 7.05 Å². The maximum absolute atomic E-state index is 6.10. The summed E-state index contributed by atoms with van der Waals surface area (Å²) >= 11 is 6.00. The minimum Gasteiger partial charge on any atom is -0.322 e. The Balaban J connectivity index is 2.22. The molecule has 1 aromatic heterocycles. The average molecular weight is 200 g/mol. The van der Waals surface area contributed by atoms with Gasteiger partial charge in [-0.25, -0.2) is 0 Å². The summed E-state index contributed by atoms with van der Waals surface area (Å²) in [7, 11) is 1.89. The summed E-state index contributed by atoms with van der Waals surface area (Å²) in [6, 6.07) is 0.0637. The first-order valence-electron chi connectivity index (χ1n) is 4.63. The Morgan fingerprint density at radius 3 is 2.77 bits per heavy atom. The van der Waals surface area contributed by atoms with Crippen molar-refractivity contribution < 1.29 is 0 Å². The van der Waals surface area contributed by atoms with Gasteiger partial charge in [0.15, 0.2) is 0 Å². The zero-order valence-electron chi connectivity index (χ0n) is 7.70. The van der Waals surface area contributed by atoms with Crippen LogP contribution in [0.25, 0.3) is 0 Å². The summed E-state index contributed by atoms with van der Waals surface area (Å²) in [5.41, 5.74) is 7.08. The van der Waals surface area contributed by atoms with Crippen molar-refractivity contribution >= 4 is 11.6 Å². The molecule has 1 atom stereocenters. The molecule has 0 spiro atoms. The summed E-state index contributed by atoms with van der Waals surface area (Å²) in [4.78, 5) is 0. The third-order valence-corrected chi connectivity index (χ3v) is 3.20. The molecule has 0 aliphatic heterocycles. The predicted molar refractivity (Wildman–Crippen MR) is 52.5 cm³/mol. The van der Waals surface area contributed by atoms with Gasteiger partial charge in [0.05, 0.1) is 23.0 Å². The molecule has 1 unspecified atom stereocenters. The summed E-state index contributed by atoms with van der Waals surface area (Å²) in [6.45, 7) is 0. The highest BCUT2D eigenvalue weighted by atomic mass is 35.5. The zero-order chi connectivity index (χ0) is 9.42. The number of aromatic nitrogens is 2. The molecule has 3 nitrogen and oxygen atoms in total. The minimum absolute atomic E-state index is 0.0637. The van der Waals surface area contributed by atoms with Crippen LogP contribution in [0, 0.1) is 5.92 Å². The lowest BCUT2D eigenvalue weighted by atomic mass is 9.79. The molecule has 1 aromatic rings. The largest absolute Gasteiger partial charge is 0.322 e. The zero-order valence-corrected chi connectivity index (χ0v) is 8.46. The van der Waals surface area contributed by atoms with E-state index < -0.39 is 0 Å². The van der Waals surface area contributed by atoms with E-state index in [0.29, 0.717) is 10.9 Å². The second kappa shape index (κ2) is 3.31. The molecule has 0 aromatic carbocycles. The normalized spacial score (nSPS) is 19.9. The standard InChI is InChI=1S/C9H14ClN3/c1-13-9(7(10)5-12-13)8(11)6-3-2-4-6/h5-6,8H,2-4,11H2,1H3. The highest BCUT2D eigenvalue weighted by Gasteiger charge is 2.28. The Morgan fingerprint density at radius 1 is 1.69 bits per heavy atom. The molecule has 0 amide bonds. The number of nitrogens with zero attached hydrogens (tertiary/aromatic N) is 2. The third kappa shape index (κ3) is 1.46. The number of aryl methyl sites for hydroxylation is 1. The molecule has 1 aliphatic carbocycles. The van der Waals surface area contributed by atoms with Crippen molar-refractivity contribution in [2.45, 2.75) is 25.3 Å². The summed E-state index contributed by atoms with van der Waals surface area (Å²) < 4.78 is 1.78. The molecule has 0 bridgehead atoms. The van der Waals surface area contributed by atoms with Crippen molar-refractivity contribution in [3.8, 4) is 0 Å². The van der Waals surface area contributed by atoms with E-state index in [-0.39, 0.29) is 6.04 Å². The number of hydrogen-bond acceptors (Lipinski definition) is 2. The van der Waals surface area contributed by atoms with Crippen LogP contribution < -0.4 is 5.73 Å². The van der Waals surface area contributed by atoms with Crippen molar-refractivity contribution in [1.29, 1.82) is 0 Å². The van der Waals surface area contributed by atoms with Gasteiger partial charge in [0, 0.05) is 7.05 Å². The van der Waals surface area contributed by atoms with Gasteiger partial charge in [-0.15, -0.1) is 0 Å². The van der Waals surface area contributed by atoms with Crippen molar-refractivity contribution in [3.05, 3.63) is 16.9 Å². The first-order valence-corrected chi connectivity index (χ1v) is 5.01. The first kappa shape index (κ1) is 9.03. The van der Waals surface area contributed by atoms with Gasteiger partial charge in [-0.2, -0.15) is 5.10 Å². The summed E-state index contributed by atoms with van der Waals surface area (Å²) in [6.07, 6.45) is 5.41. The van der Waals surface area contributed by atoms with E-state index in [1.165, 1.54) is 19.3 Å². The van der Waals surface area contributed by atoms with Crippen molar-refractivity contribution in [1.82, 2.24) is 9.78 Å². The van der Waals surface area contributed by atoms with E-state index >= 15 is 0 Å². The Hall–Kier alpha value is -0.540. The average Bonchev–Trinajstić information content (AvgIpc) is 2.27. The maximum atomic E-state index is 6.10. The second-order valence-electron chi connectivity index (χ2n) is 3.72. The summed E-state index contributed by atoms with van der Waals surface area (Å²) in [5.74, 6) is 0.605. The van der Waals surface area contributed by atoms with Gasteiger partial charge in [0.2, 0.25) is 0 Å². The molecular formula is C9H14ClN3. The lowest BCUT2D eigenvalue weighted by molar-refractivity contribution is 0.257. The van der Waals surface area contributed by atoms with E-state index in [9.17, 15) is 0 Å². The Morgan fingerprint density at radius 2 is 2.38 bits per heavy atom. The number of nitrogens with two attached hydrogens (primary N) is 1. The molecule has 0 radical (unpaired) electrons. The van der Waals surface area contributed by atoms with Crippen LogP contribution >= 0.6 is 11.6 Å². The molecular weight excluding hydrogens is 186 g/mol. The first-order chi connectivity index (χ1) is 6.20. The number of hydrogen-bond donors (Lipinski definition) is 1. The van der Waals surface area contributed by atoms with Crippen LogP contribution in [0.3, 0.4) is 0 Å². The van der Waals surface area contributed by atoms with E-state index in [0.717, 1.165) is 5.69 Å². The Bertz CT molecular complexity index is 284. The van der Waals surface area contributed by atoms with E-state index in [4.69, 9.17) is 17.3 Å². The fourth-order valence-electron chi connectivity index (χ4n) is 1.82. The van der Waals surface area contributed by atoms with E-state index in [2.05, 4.69) is 5.10 Å². The molecule has 4 heteroatoms. The minimum atomic E-state index is 0.0637. The lowest BCUT2D eigenvalue weighted by Crippen LogP contribution is -2.28. The van der Waals surface area contributed by atoms with Crippen molar-refractivity contribution in [3.63, 3.8) is 0 Å². The van der Waals surface area contributed by atoms with Crippen LogP contribution in [0.15, 0.2) is 6.20 Å². The summed E-state index contributed by atoms with van der Waals surface area (Å²) in [5, 5.41) is 4.78. The molecule has 13 heavy (non-hydrogen) atoms. The van der Waals surface area contributed by atoms with Gasteiger partial charge >= 0.3 is 0 Å². The van der Waals surface area contributed by atoms with Crippen LogP contribution in [0.1, 0.15) is 31.0 Å². The Labute approximate surface area is 82.9 Å². The molecule has 72 valence electrons. The number of halogens is 1. The molecule has 2 rings (SSSR count). The monoisotopic (exact) mass is 199 g/mol. The lowest BCUT2D eigenvalue weighted by Gasteiger charge is -2.31. The number of rotatable bonds is 2. The molecule has 1 aliphatic rings. The molecule has 1 fully saturated rings. The highest BCUT2D eigenvalue weighted by Crippen LogP contribution is 2.37. The molecule has 2 N–H and O–H groups in total. The Kier molecular flexibility index (Phi) is 2.30. The van der Waals surface area contributed by atoms with Crippen LogP contribution in [-0.2, 0) is 7.05 Å². The third-order valence-electron chi connectivity index (χ3n) is 2.91. The molecule has 0 saturated heterocycles. The smallest absolute Gasteiger partial charge is 0.0834 e. The predicted octanol–water partition coefficient (Wildman–Crippen LogP) is 1.87. The fourth-order valence-corrected chi connectivity index (χ4v) is 2.11. The van der Waals surface area contributed by atoms with Gasteiger partial charge in [-0.05, 0) is 18.8 Å². The maximum Gasteiger partial charge on any atom is 0.0834 e. The van der Waals surface area contributed by atoms with E-state index in [1.54, 1.807) is 10.9 Å². The van der Waals surface area contributed by atoms with Gasteiger partial charge in [0.25, 0.3) is 0 Å². The quantitative estimate of drug-likeness (QED) is 0.791. The molecule has 1 saturated carbocycles.